The van der Waals surface area contributed by atoms with Crippen molar-refractivity contribution < 1.29 is 0 Å². The van der Waals surface area contributed by atoms with Gasteiger partial charge >= 0.3 is 0 Å². The molecule has 0 aromatic carbocycles. The first-order valence-electron chi connectivity index (χ1n) is 6.11. The minimum absolute atomic E-state index is 0.800. The van der Waals surface area contributed by atoms with Gasteiger partial charge in [0.2, 0.25) is 0 Å². The summed E-state index contributed by atoms with van der Waals surface area (Å²) < 4.78 is 0. The van der Waals surface area contributed by atoms with Crippen LogP contribution in [0.2, 0.25) is 0 Å². The van der Waals surface area contributed by atoms with Crippen LogP contribution in [0.5, 0.6) is 0 Å². The fourth-order valence-electron chi connectivity index (χ4n) is 2.41. The fourth-order valence-corrected chi connectivity index (χ4v) is 2.41. The first-order valence-corrected chi connectivity index (χ1v) is 6.11. The van der Waals surface area contributed by atoms with E-state index in [0.29, 0.717) is 0 Å². The van der Waals surface area contributed by atoms with Crippen LogP contribution >= 0.6 is 0 Å². The van der Waals surface area contributed by atoms with Gasteiger partial charge in [0.1, 0.15) is 0 Å². The molecule has 0 aromatic heterocycles. The van der Waals surface area contributed by atoms with Gasteiger partial charge in [0.05, 0.1) is 0 Å². The van der Waals surface area contributed by atoms with Crippen LogP contribution in [0.25, 0.3) is 0 Å². The molecule has 0 spiro atoms. The highest BCUT2D eigenvalue weighted by Crippen LogP contribution is 2.30. The van der Waals surface area contributed by atoms with Gasteiger partial charge in [-0.3, -0.25) is 0 Å². The predicted molar refractivity (Wildman–Crippen MR) is 63.5 cm³/mol. The average molecular weight is 195 g/mol. The van der Waals surface area contributed by atoms with E-state index in [0.717, 1.165) is 12.0 Å². The van der Waals surface area contributed by atoms with E-state index in [1.165, 1.54) is 50.6 Å². The molecule has 0 aliphatic heterocycles. The molecule has 82 valence electrons. The molecule has 0 bridgehead atoms. The predicted octanol–water partition coefficient (Wildman–Crippen LogP) is 3.51. The van der Waals surface area contributed by atoms with E-state index in [-0.39, 0.29) is 0 Å². The molecule has 1 rings (SSSR count). The Kier molecular flexibility index (Phi) is 5.24. The number of hydrogen-bond acceptors (Lipinski definition) is 1. The Morgan fingerprint density at radius 1 is 1.43 bits per heavy atom. The van der Waals surface area contributed by atoms with Crippen molar-refractivity contribution in [3.63, 3.8) is 0 Å². The Labute approximate surface area is 89.0 Å². The van der Waals surface area contributed by atoms with Crippen LogP contribution in [0.1, 0.15) is 52.4 Å². The topological polar surface area (TPSA) is 12.0 Å². The van der Waals surface area contributed by atoms with Crippen molar-refractivity contribution in [2.45, 2.75) is 58.4 Å². The third kappa shape index (κ3) is 3.83. The number of hydrogen-bond donors (Lipinski definition) is 1. The highest BCUT2D eigenvalue weighted by molar-refractivity contribution is 4.91. The van der Waals surface area contributed by atoms with Crippen molar-refractivity contribution in [1.29, 1.82) is 0 Å². The van der Waals surface area contributed by atoms with Crippen LogP contribution in [0.15, 0.2) is 12.2 Å². The molecule has 0 radical (unpaired) electrons. The van der Waals surface area contributed by atoms with Crippen molar-refractivity contribution in [2.75, 3.05) is 6.54 Å². The van der Waals surface area contributed by atoms with Crippen molar-refractivity contribution >= 4 is 0 Å². The van der Waals surface area contributed by atoms with Crippen molar-refractivity contribution in [3.05, 3.63) is 12.2 Å². The second kappa shape index (κ2) is 6.23. The SMILES string of the molecule is C=C(C)CCC1CCCC1NCCC. The maximum atomic E-state index is 3.98. The van der Waals surface area contributed by atoms with Crippen molar-refractivity contribution in [2.24, 2.45) is 5.92 Å². The standard InChI is InChI=1S/C13H25N/c1-4-10-14-13-7-5-6-12(13)9-8-11(2)3/h12-14H,2,4-10H2,1,3H3. The van der Waals surface area contributed by atoms with E-state index in [1.807, 2.05) is 0 Å². The van der Waals surface area contributed by atoms with Gasteiger partial charge in [-0.05, 0) is 51.5 Å². The molecule has 1 fully saturated rings. The lowest BCUT2D eigenvalue weighted by atomic mass is 9.95. The van der Waals surface area contributed by atoms with Gasteiger partial charge < -0.3 is 5.32 Å². The molecule has 0 aromatic rings. The fraction of sp³-hybridized carbons (Fsp3) is 0.846. The molecular formula is C13H25N. The molecule has 1 heteroatoms. The Balaban J connectivity index is 2.24. The van der Waals surface area contributed by atoms with Gasteiger partial charge in [0.15, 0.2) is 0 Å². The van der Waals surface area contributed by atoms with Crippen molar-refractivity contribution in [1.82, 2.24) is 5.32 Å². The van der Waals surface area contributed by atoms with Gasteiger partial charge in [-0.1, -0.05) is 18.9 Å². The summed E-state index contributed by atoms with van der Waals surface area (Å²) in [6, 6.07) is 0.800. The summed E-state index contributed by atoms with van der Waals surface area (Å²) in [6.45, 7) is 9.55. The summed E-state index contributed by atoms with van der Waals surface area (Å²) in [7, 11) is 0. The molecule has 1 nitrogen and oxygen atoms in total. The average Bonchev–Trinajstić information content (AvgIpc) is 2.58. The molecule has 0 amide bonds. The van der Waals surface area contributed by atoms with E-state index in [2.05, 4.69) is 25.7 Å². The van der Waals surface area contributed by atoms with Crippen LogP contribution in [0.4, 0.5) is 0 Å². The lowest BCUT2D eigenvalue weighted by Gasteiger charge is -2.20. The molecule has 1 aliphatic rings. The summed E-state index contributed by atoms with van der Waals surface area (Å²) in [5, 5.41) is 3.68. The van der Waals surface area contributed by atoms with Gasteiger partial charge in [0.25, 0.3) is 0 Å². The van der Waals surface area contributed by atoms with Crippen LogP contribution < -0.4 is 5.32 Å². The van der Waals surface area contributed by atoms with Gasteiger partial charge in [-0.2, -0.15) is 0 Å². The maximum absolute atomic E-state index is 3.98. The summed E-state index contributed by atoms with van der Waals surface area (Å²) in [5.74, 6) is 0.915. The smallest absolute Gasteiger partial charge is 0.00954 e. The highest BCUT2D eigenvalue weighted by atomic mass is 14.9. The normalized spacial score (nSPS) is 26.7. The molecule has 0 heterocycles. The Bertz CT molecular complexity index is 174. The lowest BCUT2D eigenvalue weighted by Crippen LogP contribution is -2.32. The Hall–Kier alpha value is -0.300. The van der Waals surface area contributed by atoms with Gasteiger partial charge in [-0.15, -0.1) is 6.58 Å². The highest BCUT2D eigenvalue weighted by Gasteiger charge is 2.25. The zero-order chi connectivity index (χ0) is 10.4. The van der Waals surface area contributed by atoms with E-state index < -0.39 is 0 Å². The maximum Gasteiger partial charge on any atom is 0.00954 e. The quantitative estimate of drug-likeness (QED) is 0.640. The minimum atomic E-state index is 0.800. The molecule has 1 N–H and O–H groups in total. The molecule has 2 atom stereocenters. The van der Waals surface area contributed by atoms with Gasteiger partial charge in [-0.25, -0.2) is 0 Å². The van der Waals surface area contributed by atoms with E-state index in [4.69, 9.17) is 0 Å². The summed E-state index contributed by atoms with van der Waals surface area (Å²) >= 11 is 0. The summed E-state index contributed by atoms with van der Waals surface area (Å²) in [4.78, 5) is 0. The first-order chi connectivity index (χ1) is 6.74. The second-order valence-corrected chi connectivity index (χ2v) is 4.75. The lowest BCUT2D eigenvalue weighted by molar-refractivity contribution is 0.380. The Morgan fingerprint density at radius 3 is 2.86 bits per heavy atom. The number of rotatable bonds is 6. The number of nitrogens with one attached hydrogen (secondary N) is 1. The molecule has 1 aliphatic carbocycles. The van der Waals surface area contributed by atoms with Crippen LogP contribution in [-0.2, 0) is 0 Å². The van der Waals surface area contributed by atoms with E-state index in [9.17, 15) is 0 Å². The Morgan fingerprint density at radius 2 is 2.21 bits per heavy atom. The zero-order valence-corrected chi connectivity index (χ0v) is 9.81. The summed E-state index contributed by atoms with van der Waals surface area (Å²) in [5.41, 5.74) is 1.34. The summed E-state index contributed by atoms with van der Waals surface area (Å²) in [6.07, 6.45) is 8.05. The zero-order valence-electron chi connectivity index (χ0n) is 9.81. The third-order valence-electron chi connectivity index (χ3n) is 3.26. The van der Waals surface area contributed by atoms with Crippen LogP contribution in [0, 0.1) is 5.92 Å². The van der Waals surface area contributed by atoms with E-state index in [1.54, 1.807) is 0 Å². The molecule has 0 saturated heterocycles. The largest absolute Gasteiger partial charge is 0.314 e. The molecule has 2 unspecified atom stereocenters. The van der Waals surface area contributed by atoms with Crippen molar-refractivity contribution in [3.8, 4) is 0 Å². The first kappa shape index (κ1) is 11.8. The van der Waals surface area contributed by atoms with Crippen LogP contribution in [-0.4, -0.2) is 12.6 Å². The second-order valence-electron chi connectivity index (χ2n) is 4.75. The number of allylic oxidation sites excluding steroid dienone is 1. The minimum Gasteiger partial charge on any atom is -0.314 e. The third-order valence-corrected chi connectivity index (χ3v) is 3.26. The molecule has 14 heavy (non-hydrogen) atoms. The molecular weight excluding hydrogens is 170 g/mol. The monoisotopic (exact) mass is 195 g/mol. The van der Waals surface area contributed by atoms with Gasteiger partial charge in [0, 0.05) is 6.04 Å². The van der Waals surface area contributed by atoms with Crippen LogP contribution in [0.3, 0.4) is 0 Å². The molecule has 1 saturated carbocycles. The van der Waals surface area contributed by atoms with E-state index >= 15 is 0 Å².